The molecule has 1 saturated carbocycles. The van der Waals surface area contributed by atoms with E-state index in [0.717, 1.165) is 23.5 Å². The molecule has 2 unspecified atom stereocenters. The number of carbonyl (C=O) groups excluding carboxylic acids is 1. The zero-order valence-corrected chi connectivity index (χ0v) is 11.7. The maximum Gasteiger partial charge on any atom is 0.306 e. The van der Waals surface area contributed by atoms with Crippen molar-refractivity contribution < 1.29 is 14.7 Å². The van der Waals surface area contributed by atoms with Gasteiger partial charge in [-0.25, -0.2) is 4.98 Å². The molecule has 1 fully saturated rings. The molecule has 2 rings (SSSR count). The summed E-state index contributed by atoms with van der Waals surface area (Å²) in [6.45, 7) is 2.35. The first kappa shape index (κ1) is 14.0. The highest BCUT2D eigenvalue weighted by molar-refractivity contribution is 7.09. The van der Waals surface area contributed by atoms with E-state index in [0.29, 0.717) is 19.4 Å². The highest BCUT2D eigenvalue weighted by atomic mass is 32.1. The maximum atomic E-state index is 12.0. The van der Waals surface area contributed by atoms with E-state index >= 15 is 0 Å². The number of nitrogens with one attached hydrogen (secondary N) is 1. The van der Waals surface area contributed by atoms with E-state index in [1.807, 2.05) is 12.3 Å². The lowest BCUT2D eigenvalue weighted by Crippen LogP contribution is -2.35. The Morgan fingerprint density at radius 3 is 2.84 bits per heavy atom. The molecule has 1 aliphatic carbocycles. The Labute approximate surface area is 116 Å². The minimum atomic E-state index is -0.784. The molecule has 0 saturated heterocycles. The largest absolute Gasteiger partial charge is 0.481 e. The zero-order valence-electron chi connectivity index (χ0n) is 10.9. The van der Waals surface area contributed by atoms with Gasteiger partial charge < -0.3 is 10.4 Å². The van der Waals surface area contributed by atoms with Crippen LogP contribution in [0.2, 0.25) is 0 Å². The first-order valence-corrected chi connectivity index (χ1v) is 7.35. The quantitative estimate of drug-likeness (QED) is 0.884. The summed E-state index contributed by atoms with van der Waals surface area (Å²) < 4.78 is 0. The van der Waals surface area contributed by atoms with Crippen LogP contribution in [0.1, 0.15) is 36.4 Å². The number of hydrogen-bond acceptors (Lipinski definition) is 4. The highest BCUT2D eigenvalue weighted by Gasteiger charge is 2.30. The summed E-state index contributed by atoms with van der Waals surface area (Å²) in [5.41, 5.74) is 0.956. The molecule has 1 aromatic heterocycles. The molecule has 2 N–H and O–H groups in total. The molecule has 0 radical (unpaired) electrons. The van der Waals surface area contributed by atoms with Crippen LogP contribution in [0, 0.1) is 18.8 Å². The van der Waals surface area contributed by atoms with Gasteiger partial charge in [0, 0.05) is 17.0 Å². The molecular formula is C13H18N2O3S. The van der Waals surface area contributed by atoms with Crippen LogP contribution in [-0.2, 0) is 16.1 Å². The smallest absolute Gasteiger partial charge is 0.306 e. The van der Waals surface area contributed by atoms with Crippen LogP contribution in [-0.4, -0.2) is 22.0 Å². The van der Waals surface area contributed by atoms with Crippen LogP contribution in [0.25, 0.3) is 0 Å². The summed E-state index contributed by atoms with van der Waals surface area (Å²) >= 11 is 1.52. The molecule has 104 valence electrons. The minimum absolute atomic E-state index is 0.0428. The van der Waals surface area contributed by atoms with Crippen molar-refractivity contribution in [2.75, 3.05) is 0 Å². The van der Waals surface area contributed by atoms with Crippen molar-refractivity contribution in [3.8, 4) is 0 Å². The average molecular weight is 282 g/mol. The summed E-state index contributed by atoms with van der Waals surface area (Å²) in [6.07, 6.45) is 2.74. The summed E-state index contributed by atoms with van der Waals surface area (Å²) in [7, 11) is 0. The fourth-order valence-corrected chi connectivity index (χ4v) is 3.15. The van der Waals surface area contributed by atoms with Crippen molar-refractivity contribution in [1.29, 1.82) is 0 Å². The van der Waals surface area contributed by atoms with Gasteiger partial charge in [0.15, 0.2) is 0 Å². The first-order chi connectivity index (χ1) is 9.06. The third kappa shape index (κ3) is 3.76. The van der Waals surface area contributed by atoms with Crippen LogP contribution in [0.5, 0.6) is 0 Å². The van der Waals surface area contributed by atoms with Crippen molar-refractivity contribution in [3.63, 3.8) is 0 Å². The number of aromatic nitrogens is 1. The number of carboxylic acids is 1. The summed E-state index contributed by atoms with van der Waals surface area (Å²) in [4.78, 5) is 27.3. The molecule has 1 amide bonds. The molecule has 0 bridgehead atoms. The average Bonchev–Trinajstić information content (AvgIpc) is 2.82. The number of nitrogens with zero attached hydrogens (tertiary/aromatic N) is 1. The molecule has 19 heavy (non-hydrogen) atoms. The Bertz CT molecular complexity index is 472. The molecular weight excluding hydrogens is 264 g/mol. The lowest BCUT2D eigenvalue weighted by Gasteiger charge is -2.25. The Morgan fingerprint density at radius 1 is 1.47 bits per heavy atom. The second-order valence-electron chi connectivity index (χ2n) is 5.00. The van der Waals surface area contributed by atoms with Crippen LogP contribution >= 0.6 is 11.3 Å². The standard InChI is InChI=1S/C13H18N2O3S/c1-8-7-19-11(15-8)6-14-12(16)9-3-2-4-10(5-9)13(17)18/h7,9-10H,2-6H2,1H3,(H,14,16)(H,17,18). The number of aryl methyl sites for hydroxylation is 1. The maximum absolute atomic E-state index is 12.0. The van der Waals surface area contributed by atoms with Gasteiger partial charge in [-0.2, -0.15) is 0 Å². The lowest BCUT2D eigenvalue weighted by molar-refractivity contribution is -0.144. The monoisotopic (exact) mass is 282 g/mol. The third-order valence-corrected chi connectivity index (χ3v) is 4.44. The molecule has 1 aliphatic rings. The van der Waals surface area contributed by atoms with E-state index in [1.54, 1.807) is 0 Å². The lowest BCUT2D eigenvalue weighted by atomic mass is 9.81. The van der Waals surface area contributed by atoms with Crippen molar-refractivity contribution in [3.05, 3.63) is 16.1 Å². The van der Waals surface area contributed by atoms with E-state index in [4.69, 9.17) is 5.11 Å². The normalized spacial score (nSPS) is 23.0. The third-order valence-electron chi connectivity index (χ3n) is 3.47. The number of rotatable bonds is 4. The van der Waals surface area contributed by atoms with Crippen molar-refractivity contribution in [2.45, 2.75) is 39.2 Å². The number of carboxylic acid groups (broad SMARTS) is 1. The van der Waals surface area contributed by atoms with Crippen molar-refractivity contribution in [1.82, 2.24) is 10.3 Å². The van der Waals surface area contributed by atoms with Gasteiger partial charge in [-0.1, -0.05) is 6.42 Å². The molecule has 5 nitrogen and oxygen atoms in total. The van der Waals surface area contributed by atoms with Gasteiger partial charge in [-0.3, -0.25) is 9.59 Å². The number of hydrogen-bond donors (Lipinski definition) is 2. The Morgan fingerprint density at radius 2 is 2.21 bits per heavy atom. The van der Waals surface area contributed by atoms with Crippen LogP contribution in [0.4, 0.5) is 0 Å². The summed E-state index contributed by atoms with van der Waals surface area (Å²) in [5, 5.41) is 14.7. The van der Waals surface area contributed by atoms with Crippen molar-refractivity contribution in [2.24, 2.45) is 11.8 Å². The van der Waals surface area contributed by atoms with Gasteiger partial charge in [-0.15, -0.1) is 11.3 Å². The fraction of sp³-hybridized carbons (Fsp3) is 0.615. The van der Waals surface area contributed by atoms with Gasteiger partial charge in [-0.05, 0) is 26.2 Å². The molecule has 0 spiro atoms. The van der Waals surface area contributed by atoms with E-state index in [2.05, 4.69) is 10.3 Å². The predicted molar refractivity (Wildman–Crippen MR) is 71.8 cm³/mol. The van der Waals surface area contributed by atoms with Crippen LogP contribution in [0.3, 0.4) is 0 Å². The van der Waals surface area contributed by atoms with E-state index < -0.39 is 5.97 Å². The molecule has 2 atom stereocenters. The van der Waals surface area contributed by atoms with Gasteiger partial charge in [0.05, 0.1) is 12.5 Å². The molecule has 0 aliphatic heterocycles. The second-order valence-corrected chi connectivity index (χ2v) is 5.94. The van der Waals surface area contributed by atoms with E-state index in [-0.39, 0.29) is 17.7 Å². The molecule has 0 aromatic carbocycles. The number of thiazole rings is 1. The number of carbonyl (C=O) groups is 2. The highest BCUT2D eigenvalue weighted by Crippen LogP contribution is 2.29. The van der Waals surface area contributed by atoms with Gasteiger partial charge in [0.2, 0.25) is 5.91 Å². The Kier molecular flexibility index (Phi) is 4.52. The Hall–Kier alpha value is -1.43. The minimum Gasteiger partial charge on any atom is -0.481 e. The van der Waals surface area contributed by atoms with Gasteiger partial charge >= 0.3 is 5.97 Å². The van der Waals surface area contributed by atoms with Crippen LogP contribution < -0.4 is 5.32 Å². The van der Waals surface area contributed by atoms with Gasteiger partial charge in [0.1, 0.15) is 5.01 Å². The van der Waals surface area contributed by atoms with Crippen molar-refractivity contribution >= 4 is 23.2 Å². The van der Waals surface area contributed by atoms with E-state index in [9.17, 15) is 9.59 Å². The van der Waals surface area contributed by atoms with Crippen LogP contribution in [0.15, 0.2) is 5.38 Å². The SMILES string of the molecule is Cc1csc(CNC(=O)C2CCCC(C(=O)O)C2)n1. The first-order valence-electron chi connectivity index (χ1n) is 6.48. The number of amides is 1. The molecule has 6 heteroatoms. The molecule has 1 heterocycles. The Balaban J connectivity index is 1.84. The topological polar surface area (TPSA) is 79.3 Å². The molecule has 1 aromatic rings. The number of aliphatic carboxylic acids is 1. The predicted octanol–water partition coefficient (Wildman–Crippen LogP) is 1.96. The van der Waals surface area contributed by atoms with E-state index in [1.165, 1.54) is 11.3 Å². The second kappa shape index (κ2) is 6.14. The summed E-state index contributed by atoms with van der Waals surface area (Å²) in [5.74, 6) is -1.37. The zero-order chi connectivity index (χ0) is 13.8. The van der Waals surface area contributed by atoms with Gasteiger partial charge in [0.25, 0.3) is 0 Å². The summed E-state index contributed by atoms with van der Waals surface area (Å²) in [6, 6.07) is 0. The fourth-order valence-electron chi connectivity index (χ4n) is 2.44.